The van der Waals surface area contributed by atoms with Crippen LogP contribution < -0.4 is 5.32 Å². The van der Waals surface area contributed by atoms with Crippen molar-refractivity contribution in [1.29, 1.82) is 0 Å². The first-order chi connectivity index (χ1) is 8.63. The molecule has 0 aliphatic carbocycles. The van der Waals surface area contributed by atoms with Crippen LogP contribution in [0.15, 0.2) is 0 Å². The highest BCUT2D eigenvalue weighted by Crippen LogP contribution is 2.24. The van der Waals surface area contributed by atoms with E-state index < -0.39 is 0 Å². The van der Waals surface area contributed by atoms with E-state index >= 15 is 0 Å². The number of hydrogen-bond acceptors (Lipinski definition) is 4. The number of aromatic nitrogens is 1. The van der Waals surface area contributed by atoms with Gasteiger partial charge in [0.1, 0.15) is 4.88 Å². The van der Waals surface area contributed by atoms with Gasteiger partial charge in [0.2, 0.25) is 0 Å². The van der Waals surface area contributed by atoms with Crippen molar-refractivity contribution in [2.45, 2.75) is 45.2 Å². The Kier molecular flexibility index (Phi) is 6.25. The number of halogens is 2. The summed E-state index contributed by atoms with van der Waals surface area (Å²) in [5.74, 6) is 0.174. The van der Waals surface area contributed by atoms with Gasteiger partial charge < -0.3 is 10.2 Å². The second kappa shape index (κ2) is 7.07. The van der Waals surface area contributed by atoms with Gasteiger partial charge >= 0.3 is 0 Å². The molecule has 7 heteroatoms. The van der Waals surface area contributed by atoms with Crippen LogP contribution in [0.2, 0.25) is 0 Å². The summed E-state index contributed by atoms with van der Waals surface area (Å²) in [6.45, 7) is 5.62. The minimum atomic E-state index is 0. The molecular formula is C13H21Cl2N3OS. The lowest BCUT2D eigenvalue weighted by atomic mass is 10.1. The van der Waals surface area contributed by atoms with E-state index in [2.05, 4.69) is 10.3 Å². The first-order valence-corrected chi connectivity index (χ1v) is 7.44. The van der Waals surface area contributed by atoms with Gasteiger partial charge in [-0.25, -0.2) is 4.98 Å². The highest BCUT2D eigenvalue weighted by Gasteiger charge is 2.32. The van der Waals surface area contributed by atoms with Crippen LogP contribution in [0.3, 0.4) is 0 Å². The quantitative estimate of drug-likeness (QED) is 0.856. The van der Waals surface area contributed by atoms with Crippen LogP contribution in [0.1, 0.15) is 39.6 Å². The van der Waals surface area contributed by atoms with Crippen molar-refractivity contribution in [3.8, 4) is 0 Å². The zero-order valence-electron chi connectivity index (χ0n) is 11.7. The summed E-state index contributed by atoms with van der Waals surface area (Å²) < 4.78 is 0. The predicted molar refractivity (Wildman–Crippen MR) is 86.6 cm³/mol. The first kappa shape index (κ1) is 17.7. The van der Waals surface area contributed by atoms with E-state index in [4.69, 9.17) is 0 Å². The lowest BCUT2D eigenvalue weighted by molar-refractivity contribution is 0.0752. The number of rotatable bonds is 1. The van der Waals surface area contributed by atoms with Crippen LogP contribution in [-0.4, -0.2) is 41.0 Å². The molecule has 114 valence electrons. The molecule has 3 heterocycles. The second-order valence-corrected chi connectivity index (χ2v) is 6.53. The Bertz CT molecular complexity index is 480. The monoisotopic (exact) mass is 337 g/mol. The fourth-order valence-electron chi connectivity index (χ4n) is 3.00. The van der Waals surface area contributed by atoms with Crippen LogP contribution in [0, 0.1) is 13.8 Å². The van der Waals surface area contributed by atoms with Crippen molar-refractivity contribution in [3.05, 3.63) is 15.6 Å². The summed E-state index contributed by atoms with van der Waals surface area (Å²) in [6, 6.07) is 1.12. The van der Waals surface area contributed by atoms with Gasteiger partial charge in [-0.05, 0) is 33.1 Å². The van der Waals surface area contributed by atoms with Gasteiger partial charge in [-0.2, -0.15) is 0 Å². The van der Waals surface area contributed by atoms with Crippen LogP contribution >= 0.6 is 36.2 Å². The van der Waals surface area contributed by atoms with E-state index in [1.54, 1.807) is 0 Å². The number of nitrogens with zero attached hydrogens (tertiary/aromatic N) is 2. The molecule has 2 bridgehead atoms. The molecule has 0 radical (unpaired) electrons. The predicted octanol–water partition coefficient (Wildman–Crippen LogP) is 2.57. The van der Waals surface area contributed by atoms with E-state index in [9.17, 15) is 4.79 Å². The molecule has 2 aliphatic heterocycles. The maximum absolute atomic E-state index is 12.5. The number of thiazole rings is 1. The van der Waals surface area contributed by atoms with Gasteiger partial charge in [0.25, 0.3) is 5.91 Å². The molecule has 3 rings (SSSR count). The van der Waals surface area contributed by atoms with Gasteiger partial charge in [-0.15, -0.1) is 36.2 Å². The maximum atomic E-state index is 12.5. The molecule has 1 N–H and O–H groups in total. The maximum Gasteiger partial charge on any atom is 0.265 e. The van der Waals surface area contributed by atoms with Gasteiger partial charge in [0.05, 0.1) is 10.7 Å². The standard InChI is InChI=1S/C13H19N3OS.2ClH/c1-8-12(18-9(2)14-8)13(17)16-6-5-10-3-4-11(7-16)15-10;;/h10-11,15H,3-7H2,1-2H3;2*1H. The molecule has 20 heavy (non-hydrogen) atoms. The summed E-state index contributed by atoms with van der Waals surface area (Å²) in [7, 11) is 0. The van der Waals surface area contributed by atoms with E-state index in [-0.39, 0.29) is 30.7 Å². The smallest absolute Gasteiger partial charge is 0.265 e. The molecule has 2 saturated heterocycles. The van der Waals surface area contributed by atoms with Crippen LogP contribution in [0.5, 0.6) is 0 Å². The van der Waals surface area contributed by atoms with E-state index in [0.717, 1.165) is 35.1 Å². The Labute approximate surface area is 136 Å². The van der Waals surface area contributed by atoms with Crippen LogP contribution in [0.4, 0.5) is 0 Å². The number of likely N-dealkylation sites (tertiary alicyclic amines) is 1. The van der Waals surface area contributed by atoms with Crippen molar-refractivity contribution >= 4 is 42.1 Å². The van der Waals surface area contributed by atoms with E-state index in [0.29, 0.717) is 12.1 Å². The molecule has 0 spiro atoms. The van der Waals surface area contributed by atoms with Crippen molar-refractivity contribution < 1.29 is 4.79 Å². The third-order valence-electron chi connectivity index (χ3n) is 3.91. The summed E-state index contributed by atoms with van der Waals surface area (Å²) in [6.07, 6.45) is 3.56. The Morgan fingerprint density at radius 2 is 1.95 bits per heavy atom. The zero-order valence-corrected chi connectivity index (χ0v) is 14.2. The summed E-state index contributed by atoms with van der Waals surface area (Å²) in [4.78, 5) is 19.7. The van der Waals surface area contributed by atoms with Gasteiger partial charge in [-0.3, -0.25) is 4.79 Å². The van der Waals surface area contributed by atoms with Crippen molar-refractivity contribution in [2.75, 3.05) is 13.1 Å². The fourth-order valence-corrected chi connectivity index (χ4v) is 3.89. The van der Waals surface area contributed by atoms with Crippen LogP contribution in [0.25, 0.3) is 0 Å². The lowest BCUT2D eigenvalue weighted by Gasteiger charge is -2.23. The molecular weight excluding hydrogens is 317 g/mol. The third kappa shape index (κ3) is 3.45. The molecule has 2 fully saturated rings. The van der Waals surface area contributed by atoms with Crippen molar-refractivity contribution in [3.63, 3.8) is 0 Å². The highest BCUT2D eigenvalue weighted by molar-refractivity contribution is 7.13. The minimum absolute atomic E-state index is 0. The van der Waals surface area contributed by atoms with Gasteiger partial charge in [-0.1, -0.05) is 0 Å². The van der Waals surface area contributed by atoms with E-state index in [1.807, 2.05) is 18.7 Å². The van der Waals surface area contributed by atoms with Gasteiger partial charge in [0.15, 0.2) is 0 Å². The van der Waals surface area contributed by atoms with Crippen molar-refractivity contribution in [1.82, 2.24) is 15.2 Å². The Hall–Kier alpha value is -0.360. The largest absolute Gasteiger partial charge is 0.336 e. The normalized spacial score (nSPS) is 24.6. The number of fused-ring (bicyclic) bond motifs is 2. The average Bonchev–Trinajstić information content (AvgIpc) is 2.81. The number of amides is 1. The first-order valence-electron chi connectivity index (χ1n) is 6.63. The molecule has 1 aromatic rings. The van der Waals surface area contributed by atoms with Crippen molar-refractivity contribution in [2.24, 2.45) is 0 Å². The number of nitrogens with one attached hydrogen (secondary N) is 1. The summed E-state index contributed by atoms with van der Waals surface area (Å²) in [5.41, 5.74) is 0.880. The molecule has 1 amide bonds. The molecule has 0 aromatic carbocycles. The molecule has 2 aliphatic rings. The number of hydrogen-bond donors (Lipinski definition) is 1. The van der Waals surface area contributed by atoms with Gasteiger partial charge in [0, 0.05) is 25.2 Å². The molecule has 0 saturated carbocycles. The Morgan fingerprint density at radius 3 is 2.60 bits per heavy atom. The molecule has 2 atom stereocenters. The summed E-state index contributed by atoms with van der Waals surface area (Å²) in [5, 5.41) is 4.58. The number of aryl methyl sites for hydroxylation is 2. The molecule has 4 nitrogen and oxygen atoms in total. The molecule has 1 aromatic heterocycles. The highest BCUT2D eigenvalue weighted by atomic mass is 35.5. The Balaban J connectivity index is 0.000001000. The SMILES string of the molecule is Cc1nc(C)c(C(=O)N2CCC3CCC(C2)N3)s1.Cl.Cl. The number of carbonyl (C=O) groups excluding carboxylic acids is 1. The average molecular weight is 338 g/mol. The topological polar surface area (TPSA) is 45.2 Å². The van der Waals surface area contributed by atoms with E-state index in [1.165, 1.54) is 24.2 Å². The minimum Gasteiger partial charge on any atom is -0.336 e. The molecule has 2 unspecified atom stereocenters. The second-order valence-electron chi connectivity index (χ2n) is 5.33. The third-order valence-corrected chi connectivity index (χ3v) is 4.97. The number of carbonyl (C=O) groups is 1. The van der Waals surface area contributed by atoms with Crippen LogP contribution in [-0.2, 0) is 0 Å². The lowest BCUT2D eigenvalue weighted by Crippen LogP contribution is -2.39. The Morgan fingerprint density at radius 1 is 1.25 bits per heavy atom. The zero-order chi connectivity index (χ0) is 12.7. The fraction of sp³-hybridized carbons (Fsp3) is 0.692. The summed E-state index contributed by atoms with van der Waals surface area (Å²) >= 11 is 1.52.